The molecule has 0 heterocycles. The lowest BCUT2D eigenvalue weighted by Gasteiger charge is -2.12. The van der Waals surface area contributed by atoms with Gasteiger partial charge in [-0.3, -0.25) is 0 Å². The van der Waals surface area contributed by atoms with Gasteiger partial charge in [0.15, 0.2) is 6.29 Å². The summed E-state index contributed by atoms with van der Waals surface area (Å²) in [6, 6.07) is 9.63. The lowest BCUT2D eigenvalue weighted by molar-refractivity contribution is -0.166. The molecule has 1 rings (SSSR count). The largest absolute Gasteiger partial charge is 0.480 e. The number of rotatable bonds is 6. The van der Waals surface area contributed by atoms with Crippen LogP contribution in [0.1, 0.15) is 12.5 Å². The topological polar surface area (TPSA) is 55.8 Å². The molecule has 4 nitrogen and oxygen atoms in total. The van der Waals surface area contributed by atoms with Gasteiger partial charge in [-0.25, -0.2) is 4.79 Å². The fourth-order valence-electron chi connectivity index (χ4n) is 1.02. The zero-order valence-corrected chi connectivity index (χ0v) is 8.55. The van der Waals surface area contributed by atoms with Crippen molar-refractivity contribution in [3.05, 3.63) is 35.9 Å². The Balaban J connectivity index is 2.22. The zero-order chi connectivity index (χ0) is 11.1. The van der Waals surface area contributed by atoms with Crippen LogP contribution in [0.15, 0.2) is 30.3 Å². The van der Waals surface area contributed by atoms with E-state index < -0.39 is 12.3 Å². The zero-order valence-electron chi connectivity index (χ0n) is 8.55. The van der Waals surface area contributed by atoms with E-state index in [0.29, 0.717) is 6.61 Å². The average molecular weight is 210 g/mol. The lowest BCUT2D eigenvalue weighted by Crippen LogP contribution is -2.17. The van der Waals surface area contributed by atoms with Crippen LogP contribution in [0.4, 0.5) is 0 Å². The molecule has 0 aliphatic rings. The molecule has 4 heteroatoms. The lowest BCUT2D eigenvalue weighted by atomic mass is 10.2. The fraction of sp³-hybridized carbons (Fsp3) is 0.364. The Morgan fingerprint density at radius 2 is 2.00 bits per heavy atom. The molecule has 0 spiro atoms. The van der Waals surface area contributed by atoms with E-state index in [2.05, 4.69) is 0 Å². The van der Waals surface area contributed by atoms with Gasteiger partial charge in [0.25, 0.3) is 0 Å². The second-order valence-electron chi connectivity index (χ2n) is 3.07. The van der Waals surface area contributed by atoms with Crippen molar-refractivity contribution in [1.82, 2.24) is 0 Å². The van der Waals surface area contributed by atoms with Crippen molar-refractivity contribution in [2.24, 2.45) is 0 Å². The molecule has 15 heavy (non-hydrogen) atoms. The van der Waals surface area contributed by atoms with Gasteiger partial charge in [-0.1, -0.05) is 30.3 Å². The number of carboxylic acid groups (broad SMARTS) is 1. The number of carbonyl (C=O) groups is 1. The molecule has 82 valence electrons. The van der Waals surface area contributed by atoms with Crippen LogP contribution < -0.4 is 0 Å². The molecule has 0 radical (unpaired) electrons. The summed E-state index contributed by atoms with van der Waals surface area (Å²) in [6.07, 6.45) is -0.513. The van der Waals surface area contributed by atoms with E-state index in [1.807, 2.05) is 30.3 Å². The fourth-order valence-corrected chi connectivity index (χ4v) is 1.02. The van der Waals surface area contributed by atoms with Crippen molar-refractivity contribution in [1.29, 1.82) is 0 Å². The molecule has 1 aromatic rings. The van der Waals surface area contributed by atoms with Crippen LogP contribution in [-0.2, 0) is 20.9 Å². The van der Waals surface area contributed by atoms with Crippen LogP contribution >= 0.6 is 0 Å². The molecule has 0 amide bonds. The highest BCUT2D eigenvalue weighted by Gasteiger charge is 2.05. The van der Waals surface area contributed by atoms with Gasteiger partial charge in [0.2, 0.25) is 0 Å². The number of carboxylic acids is 1. The second kappa shape index (κ2) is 6.16. The van der Waals surface area contributed by atoms with E-state index in [9.17, 15) is 4.79 Å². The standard InChI is InChI=1S/C11H14O4/c1-9(15-8-11(12)13)14-7-10-5-3-2-4-6-10/h2-6,9H,7-8H2,1H3,(H,12,13). The van der Waals surface area contributed by atoms with E-state index in [4.69, 9.17) is 14.6 Å². The molecule has 1 atom stereocenters. The van der Waals surface area contributed by atoms with Crippen LogP contribution in [0.25, 0.3) is 0 Å². The molecule has 1 aromatic carbocycles. The van der Waals surface area contributed by atoms with Crippen molar-refractivity contribution >= 4 is 5.97 Å². The van der Waals surface area contributed by atoms with E-state index in [1.54, 1.807) is 6.92 Å². The van der Waals surface area contributed by atoms with E-state index in [1.165, 1.54) is 0 Å². The SMILES string of the molecule is CC(OCC(=O)O)OCc1ccccc1. The predicted octanol–water partition coefficient (Wildman–Crippen LogP) is 1.65. The Morgan fingerprint density at radius 1 is 1.33 bits per heavy atom. The van der Waals surface area contributed by atoms with Crippen molar-refractivity contribution in [3.8, 4) is 0 Å². The third-order valence-corrected chi connectivity index (χ3v) is 1.77. The monoisotopic (exact) mass is 210 g/mol. The van der Waals surface area contributed by atoms with Crippen LogP contribution in [0.3, 0.4) is 0 Å². The molecular weight excluding hydrogens is 196 g/mol. The molecular formula is C11H14O4. The van der Waals surface area contributed by atoms with Gasteiger partial charge in [-0.05, 0) is 12.5 Å². The molecule has 0 aromatic heterocycles. The summed E-state index contributed by atoms with van der Waals surface area (Å²) in [5.41, 5.74) is 1.03. The Bertz CT molecular complexity index is 297. The second-order valence-corrected chi connectivity index (χ2v) is 3.07. The molecule has 0 bridgehead atoms. The van der Waals surface area contributed by atoms with Gasteiger partial charge in [0.05, 0.1) is 6.61 Å². The van der Waals surface area contributed by atoms with Crippen molar-refractivity contribution < 1.29 is 19.4 Å². The summed E-state index contributed by atoms with van der Waals surface area (Å²) < 4.78 is 10.2. The molecule has 1 N–H and O–H groups in total. The van der Waals surface area contributed by atoms with E-state index >= 15 is 0 Å². The molecule has 0 aliphatic heterocycles. The van der Waals surface area contributed by atoms with Crippen molar-refractivity contribution in [2.45, 2.75) is 19.8 Å². The number of benzene rings is 1. The highest BCUT2D eigenvalue weighted by Crippen LogP contribution is 2.03. The molecule has 1 unspecified atom stereocenters. The first-order valence-corrected chi connectivity index (χ1v) is 4.67. The van der Waals surface area contributed by atoms with Crippen LogP contribution in [0, 0.1) is 0 Å². The van der Waals surface area contributed by atoms with Gasteiger partial charge in [-0.2, -0.15) is 0 Å². The first-order valence-electron chi connectivity index (χ1n) is 4.67. The van der Waals surface area contributed by atoms with Crippen LogP contribution in [0.5, 0.6) is 0 Å². The number of hydrogen-bond acceptors (Lipinski definition) is 3. The van der Waals surface area contributed by atoms with E-state index in [0.717, 1.165) is 5.56 Å². The maximum absolute atomic E-state index is 10.2. The Kier molecular flexibility index (Phi) is 4.80. The van der Waals surface area contributed by atoms with Gasteiger partial charge in [-0.15, -0.1) is 0 Å². The van der Waals surface area contributed by atoms with Crippen LogP contribution in [0.2, 0.25) is 0 Å². The smallest absolute Gasteiger partial charge is 0.329 e. The maximum Gasteiger partial charge on any atom is 0.329 e. The minimum absolute atomic E-state index is 0.337. The molecule has 0 fully saturated rings. The highest BCUT2D eigenvalue weighted by molar-refractivity contribution is 5.67. The van der Waals surface area contributed by atoms with Crippen molar-refractivity contribution in [2.75, 3.05) is 6.61 Å². The summed E-state index contributed by atoms with van der Waals surface area (Å²) in [5.74, 6) is -0.995. The van der Waals surface area contributed by atoms with Gasteiger partial charge in [0, 0.05) is 0 Å². The highest BCUT2D eigenvalue weighted by atomic mass is 16.7. The summed E-state index contributed by atoms with van der Waals surface area (Å²) in [6.45, 7) is 1.75. The van der Waals surface area contributed by atoms with Gasteiger partial charge < -0.3 is 14.6 Å². The third kappa shape index (κ3) is 5.15. The van der Waals surface area contributed by atoms with E-state index in [-0.39, 0.29) is 6.61 Å². The summed E-state index contributed by atoms with van der Waals surface area (Å²) in [4.78, 5) is 10.2. The Morgan fingerprint density at radius 3 is 2.60 bits per heavy atom. The Hall–Kier alpha value is -1.39. The van der Waals surface area contributed by atoms with Gasteiger partial charge >= 0.3 is 5.97 Å². The number of hydrogen-bond donors (Lipinski definition) is 1. The molecule has 0 aliphatic carbocycles. The summed E-state index contributed by atoms with van der Waals surface area (Å²) in [7, 11) is 0. The maximum atomic E-state index is 10.2. The summed E-state index contributed by atoms with van der Waals surface area (Å²) >= 11 is 0. The predicted molar refractivity (Wildman–Crippen MR) is 54.3 cm³/mol. The minimum atomic E-state index is -0.995. The number of ether oxygens (including phenoxy) is 2. The Labute approximate surface area is 88.4 Å². The average Bonchev–Trinajstić information content (AvgIpc) is 2.25. The quantitative estimate of drug-likeness (QED) is 0.725. The summed E-state index contributed by atoms with van der Waals surface area (Å²) in [5, 5.41) is 8.37. The first kappa shape index (κ1) is 11.7. The minimum Gasteiger partial charge on any atom is -0.480 e. The van der Waals surface area contributed by atoms with Gasteiger partial charge in [0.1, 0.15) is 6.61 Å². The van der Waals surface area contributed by atoms with Crippen molar-refractivity contribution in [3.63, 3.8) is 0 Å². The molecule has 0 saturated heterocycles. The normalized spacial score (nSPS) is 12.3. The van der Waals surface area contributed by atoms with Crippen LogP contribution in [-0.4, -0.2) is 24.0 Å². The first-order chi connectivity index (χ1) is 7.18. The third-order valence-electron chi connectivity index (χ3n) is 1.77. The molecule has 0 saturated carbocycles. The number of aliphatic carboxylic acids is 1.